The number of nitrogens with one attached hydrogen (secondary N) is 2. The van der Waals surface area contributed by atoms with Crippen LogP contribution in [0.15, 0.2) is 36.7 Å². The van der Waals surface area contributed by atoms with Gasteiger partial charge in [0, 0.05) is 49.5 Å². The Hall–Kier alpha value is -3.37. The molecule has 0 amide bonds. The molecule has 0 radical (unpaired) electrons. The van der Waals surface area contributed by atoms with Crippen LogP contribution < -0.4 is 15.5 Å². The van der Waals surface area contributed by atoms with Gasteiger partial charge in [0.05, 0.1) is 23.7 Å². The van der Waals surface area contributed by atoms with E-state index in [-0.39, 0.29) is 23.8 Å². The number of hydrogen-bond acceptors (Lipinski definition) is 8. The SMILES string of the molecule is CC1CN(Cc2ccc(Nc3ncc(F)c(-c4cc(F)c5c(c4)N(C(C)C)C(C)N5)n3)nc2)CC(C)N1C. The fourth-order valence-corrected chi connectivity index (χ4v) is 5.53. The Bertz CT molecular complexity index is 1290. The summed E-state index contributed by atoms with van der Waals surface area (Å²) in [4.78, 5) is 19.9. The average Bonchev–Trinajstić information content (AvgIpc) is 3.21. The Labute approximate surface area is 223 Å². The molecule has 5 rings (SSSR count). The zero-order chi connectivity index (χ0) is 27.1. The molecule has 2 aliphatic heterocycles. The number of fused-ring (bicyclic) bond motifs is 1. The highest BCUT2D eigenvalue weighted by Gasteiger charge is 2.31. The molecule has 2 N–H and O–H groups in total. The summed E-state index contributed by atoms with van der Waals surface area (Å²) in [6.07, 6.45) is 2.87. The summed E-state index contributed by atoms with van der Waals surface area (Å²) >= 11 is 0. The van der Waals surface area contributed by atoms with Crippen LogP contribution >= 0.6 is 0 Å². The molecule has 0 bridgehead atoms. The summed E-state index contributed by atoms with van der Waals surface area (Å²) in [6.45, 7) is 13.4. The summed E-state index contributed by atoms with van der Waals surface area (Å²) in [7, 11) is 2.18. The Balaban J connectivity index is 1.33. The molecule has 0 spiro atoms. The molecular formula is C28H36F2N8. The summed E-state index contributed by atoms with van der Waals surface area (Å²) in [5, 5.41) is 6.23. The molecule has 0 saturated carbocycles. The van der Waals surface area contributed by atoms with E-state index >= 15 is 4.39 Å². The van der Waals surface area contributed by atoms with Crippen molar-refractivity contribution >= 4 is 23.1 Å². The predicted octanol–water partition coefficient (Wildman–Crippen LogP) is 5.07. The number of benzene rings is 1. The van der Waals surface area contributed by atoms with E-state index in [0.717, 1.165) is 31.4 Å². The van der Waals surface area contributed by atoms with Crippen molar-refractivity contribution in [1.82, 2.24) is 24.8 Å². The second-order valence-corrected chi connectivity index (χ2v) is 10.8. The first-order valence-electron chi connectivity index (χ1n) is 13.2. The monoisotopic (exact) mass is 522 g/mol. The van der Waals surface area contributed by atoms with Crippen molar-refractivity contribution in [2.24, 2.45) is 0 Å². The number of anilines is 4. The summed E-state index contributed by atoms with van der Waals surface area (Å²) < 4.78 is 29.8. The summed E-state index contributed by atoms with van der Waals surface area (Å²) in [5.41, 5.74) is 2.61. The van der Waals surface area contributed by atoms with E-state index in [2.05, 4.69) is 61.2 Å². The fourth-order valence-electron chi connectivity index (χ4n) is 5.53. The average molecular weight is 523 g/mol. The Morgan fingerprint density at radius 2 is 1.76 bits per heavy atom. The maximum Gasteiger partial charge on any atom is 0.229 e. The number of halogens is 2. The van der Waals surface area contributed by atoms with Gasteiger partial charge in [0.1, 0.15) is 17.3 Å². The lowest BCUT2D eigenvalue weighted by Crippen LogP contribution is -2.54. The smallest absolute Gasteiger partial charge is 0.229 e. The van der Waals surface area contributed by atoms with Crippen LogP contribution in [0.5, 0.6) is 0 Å². The van der Waals surface area contributed by atoms with E-state index in [1.54, 1.807) is 6.07 Å². The summed E-state index contributed by atoms with van der Waals surface area (Å²) in [5.74, 6) is -0.322. The number of nitrogens with zero attached hydrogens (tertiary/aromatic N) is 6. The minimum Gasteiger partial charge on any atom is -0.361 e. The lowest BCUT2D eigenvalue weighted by Gasteiger charge is -2.42. The zero-order valence-electron chi connectivity index (χ0n) is 22.8. The van der Waals surface area contributed by atoms with Crippen molar-refractivity contribution in [3.05, 3.63) is 53.9 Å². The van der Waals surface area contributed by atoms with Gasteiger partial charge in [-0.15, -0.1) is 0 Å². The molecule has 38 heavy (non-hydrogen) atoms. The number of piperazine rings is 1. The molecule has 10 heteroatoms. The van der Waals surface area contributed by atoms with Crippen LogP contribution in [0, 0.1) is 11.6 Å². The first-order valence-corrected chi connectivity index (χ1v) is 13.2. The van der Waals surface area contributed by atoms with Gasteiger partial charge in [0.15, 0.2) is 5.82 Å². The lowest BCUT2D eigenvalue weighted by atomic mass is 10.1. The van der Waals surface area contributed by atoms with Crippen LogP contribution in [0.1, 0.15) is 40.2 Å². The van der Waals surface area contributed by atoms with Crippen LogP contribution in [-0.4, -0.2) is 69.2 Å². The molecule has 202 valence electrons. The minimum atomic E-state index is -0.621. The Morgan fingerprint density at radius 3 is 2.42 bits per heavy atom. The Morgan fingerprint density at radius 1 is 1.03 bits per heavy atom. The van der Waals surface area contributed by atoms with E-state index in [0.29, 0.717) is 34.8 Å². The van der Waals surface area contributed by atoms with Crippen molar-refractivity contribution in [3.63, 3.8) is 0 Å². The van der Waals surface area contributed by atoms with Crippen molar-refractivity contribution in [2.75, 3.05) is 35.7 Å². The highest BCUT2D eigenvalue weighted by atomic mass is 19.1. The van der Waals surface area contributed by atoms with Crippen molar-refractivity contribution in [1.29, 1.82) is 0 Å². The number of hydrogen-bond donors (Lipinski definition) is 2. The minimum absolute atomic E-state index is 0.0300. The summed E-state index contributed by atoms with van der Waals surface area (Å²) in [6, 6.07) is 8.13. The third kappa shape index (κ3) is 5.15. The maximum atomic E-state index is 15.0. The Kier molecular flexibility index (Phi) is 7.19. The maximum absolute atomic E-state index is 15.0. The van der Waals surface area contributed by atoms with Crippen LogP contribution in [-0.2, 0) is 6.54 Å². The molecule has 4 heterocycles. The highest BCUT2D eigenvalue weighted by Crippen LogP contribution is 2.41. The van der Waals surface area contributed by atoms with Gasteiger partial charge < -0.3 is 15.5 Å². The standard InChI is InChI=1S/C28H36F2N8/c1-16(2)38-19(5)33-27-22(29)9-21(10-24(27)38)26-23(30)12-32-28(35-26)34-25-8-7-20(11-31-25)15-37-13-17(3)36(6)18(4)14-37/h7-12,16-19,33H,13-15H2,1-6H3,(H,31,32,34,35). The third-order valence-corrected chi connectivity index (χ3v) is 7.60. The molecule has 3 unspecified atom stereocenters. The molecule has 0 aliphatic carbocycles. The molecule has 3 atom stereocenters. The van der Waals surface area contributed by atoms with Gasteiger partial charge in [-0.3, -0.25) is 9.80 Å². The van der Waals surface area contributed by atoms with E-state index in [1.807, 2.05) is 39.1 Å². The molecule has 8 nitrogen and oxygen atoms in total. The van der Waals surface area contributed by atoms with Gasteiger partial charge in [-0.2, -0.15) is 0 Å². The molecule has 2 aromatic heterocycles. The molecule has 2 aliphatic rings. The quantitative estimate of drug-likeness (QED) is 0.465. The first-order chi connectivity index (χ1) is 18.1. The van der Waals surface area contributed by atoms with Crippen molar-refractivity contribution < 1.29 is 8.78 Å². The first kappa shape index (κ1) is 26.2. The second-order valence-electron chi connectivity index (χ2n) is 10.8. The lowest BCUT2D eigenvalue weighted by molar-refractivity contribution is 0.0556. The largest absolute Gasteiger partial charge is 0.361 e. The fraction of sp³-hybridized carbons (Fsp3) is 0.464. The van der Waals surface area contributed by atoms with Gasteiger partial charge in [0.2, 0.25) is 5.95 Å². The number of aromatic nitrogens is 3. The van der Waals surface area contributed by atoms with E-state index < -0.39 is 11.6 Å². The molecular weight excluding hydrogens is 486 g/mol. The number of pyridine rings is 1. The van der Waals surface area contributed by atoms with Gasteiger partial charge in [0.25, 0.3) is 0 Å². The number of rotatable bonds is 6. The highest BCUT2D eigenvalue weighted by molar-refractivity contribution is 5.82. The normalized spacial score (nSPS) is 22.0. The molecule has 1 aromatic carbocycles. The molecule has 1 saturated heterocycles. The van der Waals surface area contributed by atoms with Crippen LogP contribution in [0.3, 0.4) is 0 Å². The van der Waals surface area contributed by atoms with Gasteiger partial charge in [-0.1, -0.05) is 6.07 Å². The van der Waals surface area contributed by atoms with Crippen molar-refractivity contribution in [2.45, 2.75) is 65.5 Å². The van der Waals surface area contributed by atoms with Crippen LogP contribution in [0.2, 0.25) is 0 Å². The van der Waals surface area contributed by atoms with Gasteiger partial charge in [-0.05, 0) is 65.4 Å². The van der Waals surface area contributed by atoms with E-state index in [1.165, 1.54) is 6.07 Å². The molecule has 3 aromatic rings. The van der Waals surface area contributed by atoms with Gasteiger partial charge >= 0.3 is 0 Å². The zero-order valence-corrected chi connectivity index (χ0v) is 22.8. The topological polar surface area (TPSA) is 72.5 Å². The van der Waals surface area contributed by atoms with E-state index in [9.17, 15) is 4.39 Å². The van der Waals surface area contributed by atoms with Gasteiger partial charge in [-0.25, -0.2) is 23.7 Å². The predicted molar refractivity (Wildman–Crippen MR) is 148 cm³/mol. The number of likely N-dealkylation sites (N-methyl/N-ethyl adjacent to an activating group) is 1. The second kappa shape index (κ2) is 10.4. The molecule has 1 fully saturated rings. The van der Waals surface area contributed by atoms with E-state index in [4.69, 9.17) is 0 Å². The van der Waals surface area contributed by atoms with Crippen molar-refractivity contribution in [3.8, 4) is 11.3 Å². The van der Waals surface area contributed by atoms with Crippen LogP contribution in [0.25, 0.3) is 11.3 Å². The van der Waals surface area contributed by atoms with Crippen LogP contribution in [0.4, 0.5) is 31.9 Å². The third-order valence-electron chi connectivity index (χ3n) is 7.60.